The highest BCUT2D eigenvalue weighted by Crippen LogP contribution is 2.14. The van der Waals surface area contributed by atoms with Gasteiger partial charge in [0.15, 0.2) is 0 Å². The van der Waals surface area contributed by atoms with Crippen LogP contribution in [-0.2, 0) is 0 Å². The number of rotatable bonds is 9. The summed E-state index contributed by atoms with van der Waals surface area (Å²) < 4.78 is 5.16. The molecule has 1 N–H and O–H groups in total. The van der Waals surface area contributed by atoms with Crippen LogP contribution in [0.4, 0.5) is 5.82 Å². The van der Waals surface area contributed by atoms with Crippen LogP contribution in [-0.4, -0.2) is 47.7 Å². The minimum atomic E-state index is 0.393. The first-order valence-electron chi connectivity index (χ1n) is 7.47. The van der Waals surface area contributed by atoms with E-state index in [4.69, 9.17) is 4.74 Å². The molecule has 114 valence electrons. The number of ether oxygens (including phenoxy) is 1. The van der Waals surface area contributed by atoms with Crippen LogP contribution >= 0.6 is 0 Å². The fourth-order valence-electron chi connectivity index (χ4n) is 2.20. The minimum absolute atomic E-state index is 0.393. The highest BCUT2D eigenvalue weighted by Gasteiger charge is 2.07. The lowest BCUT2D eigenvalue weighted by molar-refractivity contribution is 0.295. The Kier molecular flexibility index (Phi) is 7.30. The van der Waals surface area contributed by atoms with Crippen molar-refractivity contribution in [3.05, 3.63) is 11.9 Å². The summed E-state index contributed by atoms with van der Waals surface area (Å²) in [5.74, 6) is 2.17. The van der Waals surface area contributed by atoms with Crippen LogP contribution in [0, 0.1) is 6.92 Å². The van der Waals surface area contributed by atoms with E-state index >= 15 is 0 Å². The lowest BCUT2D eigenvalue weighted by atomic mass is 10.1. The summed E-state index contributed by atoms with van der Waals surface area (Å²) in [7, 11) is 1.62. The third-order valence-electron chi connectivity index (χ3n) is 3.42. The third-order valence-corrected chi connectivity index (χ3v) is 3.42. The van der Waals surface area contributed by atoms with Gasteiger partial charge < -0.3 is 15.0 Å². The SMILES string of the molecule is CCN(CC)CCCC(C)Nc1cc(OC)nc(C)n1. The van der Waals surface area contributed by atoms with Crippen molar-refractivity contribution < 1.29 is 4.74 Å². The van der Waals surface area contributed by atoms with Crippen LogP contribution in [0.15, 0.2) is 6.07 Å². The Balaban J connectivity index is 2.42. The van der Waals surface area contributed by atoms with Gasteiger partial charge in [-0.15, -0.1) is 0 Å². The van der Waals surface area contributed by atoms with E-state index in [0.29, 0.717) is 11.9 Å². The van der Waals surface area contributed by atoms with Crippen LogP contribution in [0.25, 0.3) is 0 Å². The lowest BCUT2D eigenvalue weighted by Crippen LogP contribution is -2.25. The van der Waals surface area contributed by atoms with Crippen LogP contribution in [0.1, 0.15) is 39.4 Å². The van der Waals surface area contributed by atoms with Crippen LogP contribution in [0.2, 0.25) is 0 Å². The van der Waals surface area contributed by atoms with E-state index in [0.717, 1.165) is 37.7 Å². The van der Waals surface area contributed by atoms with Crippen molar-refractivity contribution in [1.82, 2.24) is 14.9 Å². The highest BCUT2D eigenvalue weighted by atomic mass is 16.5. The first-order chi connectivity index (χ1) is 9.58. The Labute approximate surface area is 122 Å². The van der Waals surface area contributed by atoms with Crippen molar-refractivity contribution >= 4 is 5.82 Å². The van der Waals surface area contributed by atoms with Crippen molar-refractivity contribution in [2.45, 2.75) is 46.6 Å². The summed E-state index contributed by atoms with van der Waals surface area (Å²) in [5.41, 5.74) is 0. The average Bonchev–Trinajstić information content (AvgIpc) is 2.42. The molecule has 5 heteroatoms. The second-order valence-electron chi connectivity index (χ2n) is 5.06. The molecule has 1 aromatic heterocycles. The molecule has 0 spiro atoms. The topological polar surface area (TPSA) is 50.3 Å². The Morgan fingerprint density at radius 2 is 2.00 bits per heavy atom. The third kappa shape index (κ3) is 5.74. The first-order valence-corrected chi connectivity index (χ1v) is 7.47. The Morgan fingerprint density at radius 3 is 2.60 bits per heavy atom. The number of anilines is 1. The second-order valence-corrected chi connectivity index (χ2v) is 5.06. The number of nitrogens with zero attached hydrogens (tertiary/aromatic N) is 3. The number of aryl methyl sites for hydroxylation is 1. The molecule has 1 unspecified atom stereocenters. The van der Waals surface area contributed by atoms with Crippen molar-refractivity contribution in [3.63, 3.8) is 0 Å². The molecule has 5 nitrogen and oxygen atoms in total. The van der Waals surface area contributed by atoms with E-state index in [2.05, 4.69) is 41.0 Å². The molecule has 1 rings (SSSR count). The number of hydrogen-bond acceptors (Lipinski definition) is 5. The molecular weight excluding hydrogens is 252 g/mol. The van der Waals surface area contributed by atoms with Gasteiger partial charge in [0.25, 0.3) is 0 Å². The molecule has 0 fully saturated rings. The van der Waals surface area contributed by atoms with E-state index in [1.165, 1.54) is 6.42 Å². The molecule has 0 aliphatic rings. The maximum atomic E-state index is 5.16. The molecule has 20 heavy (non-hydrogen) atoms. The van der Waals surface area contributed by atoms with Crippen molar-refractivity contribution in [1.29, 1.82) is 0 Å². The Hall–Kier alpha value is -1.36. The zero-order valence-corrected chi connectivity index (χ0v) is 13.4. The van der Waals surface area contributed by atoms with Crippen molar-refractivity contribution in [3.8, 4) is 5.88 Å². The quantitative estimate of drug-likeness (QED) is 0.753. The van der Waals surface area contributed by atoms with Crippen molar-refractivity contribution in [2.75, 3.05) is 32.1 Å². The van der Waals surface area contributed by atoms with Gasteiger partial charge in [-0.1, -0.05) is 13.8 Å². The number of methoxy groups -OCH3 is 1. The van der Waals surface area contributed by atoms with Gasteiger partial charge in [-0.25, -0.2) is 4.98 Å². The summed E-state index contributed by atoms with van der Waals surface area (Å²) in [5, 5.41) is 3.42. The number of nitrogens with one attached hydrogen (secondary N) is 1. The molecule has 0 amide bonds. The van der Waals surface area contributed by atoms with E-state index in [9.17, 15) is 0 Å². The van der Waals surface area contributed by atoms with E-state index in [1.54, 1.807) is 7.11 Å². The summed E-state index contributed by atoms with van der Waals surface area (Å²) in [6.07, 6.45) is 2.32. The van der Waals surface area contributed by atoms with Gasteiger partial charge in [-0.3, -0.25) is 0 Å². The molecule has 1 aromatic rings. The monoisotopic (exact) mass is 280 g/mol. The molecule has 0 aliphatic heterocycles. The molecule has 0 radical (unpaired) electrons. The van der Waals surface area contributed by atoms with Crippen LogP contribution in [0.3, 0.4) is 0 Å². The second kappa shape index (κ2) is 8.74. The van der Waals surface area contributed by atoms with Gasteiger partial charge in [0, 0.05) is 12.1 Å². The van der Waals surface area contributed by atoms with Crippen molar-refractivity contribution in [2.24, 2.45) is 0 Å². The normalized spacial score (nSPS) is 12.5. The molecule has 0 aromatic carbocycles. The summed E-state index contributed by atoms with van der Waals surface area (Å²) >= 11 is 0. The zero-order chi connectivity index (χ0) is 15.0. The maximum absolute atomic E-state index is 5.16. The standard InChI is InChI=1S/C15H28N4O/c1-6-19(7-2)10-8-9-12(3)16-14-11-15(20-5)18-13(4)17-14/h11-12H,6-10H2,1-5H3,(H,16,17,18). The summed E-state index contributed by atoms with van der Waals surface area (Å²) in [6.45, 7) is 11.9. The lowest BCUT2D eigenvalue weighted by Gasteiger charge is -2.20. The summed E-state index contributed by atoms with van der Waals surface area (Å²) in [6, 6.07) is 2.23. The predicted molar refractivity (Wildman–Crippen MR) is 83.4 cm³/mol. The van der Waals surface area contributed by atoms with Gasteiger partial charge in [-0.2, -0.15) is 4.98 Å². The van der Waals surface area contributed by atoms with E-state index in [-0.39, 0.29) is 0 Å². The smallest absolute Gasteiger partial charge is 0.218 e. The molecule has 1 atom stereocenters. The van der Waals surface area contributed by atoms with E-state index in [1.807, 2.05) is 13.0 Å². The number of aromatic nitrogens is 2. The minimum Gasteiger partial charge on any atom is -0.481 e. The molecular formula is C15H28N4O. The fourth-order valence-corrected chi connectivity index (χ4v) is 2.20. The Bertz CT molecular complexity index is 393. The van der Waals surface area contributed by atoms with Gasteiger partial charge in [-0.05, 0) is 46.3 Å². The highest BCUT2D eigenvalue weighted by molar-refractivity contribution is 5.39. The van der Waals surface area contributed by atoms with Gasteiger partial charge in [0.05, 0.1) is 7.11 Å². The van der Waals surface area contributed by atoms with Gasteiger partial charge >= 0.3 is 0 Å². The zero-order valence-electron chi connectivity index (χ0n) is 13.4. The van der Waals surface area contributed by atoms with Gasteiger partial charge in [0.1, 0.15) is 11.6 Å². The molecule has 0 bridgehead atoms. The molecule has 0 aliphatic carbocycles. The van der Waals surface area contributed by atoms with Crippen LogP contribution in [0.5, 0.6) is 5.88 Å². The first kappa shape index (κ1) is 16.7. The number of hydrogen-bond donors (Lipinski definition) is 1. The summed E-state index contributed by atoms with van der Waals surface area (Å²) in [4.78, 5) is 11.0. The molecule has 0 saturated heterocycles. The molecule has 0 saturated carbocycles. The largest absolute Gasteiger partial charge is 0.481 e. The van der Waals surface area contributed by atoms with Crippen LogP contribution < -0.4 is 10.1 Å². The average molecular weight is 280 g/mol. The van der Waals surface area contributed by atoms with E-state index < -0.39 is 0 Å². The molecule has 1 heterocycles. The Morgan fingerprint density at radius 1 is 1.30 bits per heavy atom. The maximum Gasteiger partial charge on any atom is 0.218 e. The fraction of sp³-hybridized carbons (Fsp3) is 0.733. The predicted octanol–water partition coefficient (Wildman–Crippen LogP) is 2.72. The van der Waals surface area contributed by atoms with Gasteiger partial charge in [0.2, 0.25) is 5.88 Å².